The van der Waals surface area contributed by atoms with Crippen LogP contribution >= 0.6 is 0 Å². The lowest BCUT2D eigenvalue weighted by Crippen LogP contribution is -2.58. The van der Waals surface area contributed by atoms with E-state index in [2.05, 4.69) is 55.9 Å². The molecule has 0 aliphatic heterocycles. The number of aryl methyl sites for hydroxylation is 1. The molecule has 4 fully saturated rings. The molecule has 1 aromatic heterocycles. The van der Waals surface area contributed by atoms with Gasteiger partial charge in [-0.15, -0.1) is 0 Å². The first kappa shape index (κ1) is 22.8. The average Bonchev–Trinajstić information content (AvgIpc) is 3.14. The van der Waals surface area contributed by atoms with Crippen LogP contribution in [0.15, 0.2) is 30.6 Å². The third kappa shape index (κ3) is 3.66. The van der Waals surface area contributed by atoms with E-state index in [9.17, 15) is 10.2 Å². The van der Waals surface area contributed by atoms with Gasteiger partial charge < -0.3 is 10.2 Å². The number of pyridine rings is 1. The maximum Gasteiger partial charge on any atom is 0.168 e. The SMILES string of the molecule is C[C@H](CCC[n+]1ccccc1)[C@H]1CC[C@H]2[C@@H]3CC[C@@H]4C[C@H](O)CC[C@]4(C)[C@H]3C[C@H](O)[C@]12C. The van der Waals surface area contributed by atoms with Crippen LogP contribution < -0.4 is 4.57 Å². The number of rotatable bonds is 5. The van der Waals surface area contributed by atoms with Crippen molar-refractivity contribution in [1.82, 2.24) is 0 Å². The Kier molecular flexibility index (Phi) is 6.20. The average molecular weight is 441 g/mol. The number of nitrogens with zero attached hydrogens (tertiary/aromatic N) is 1. The highest BCUT2D eigenvalue weighted by Gasteiger charge is 2.63. The molecular formula is C29H46NO2+. The maximum atomic E-state index is 11.7. The molecule has 5 rings (SSSR count). The number of aliphatic hydroxyl groups is 2. The zero-order chi connectivity index (χ0) is 22.5. The Morgan fingerprint density at radius 1 is 0.938 bits per heavy atom. The topological polar surface area (TPSA) is 44.3 Å². The second-order valence-corrected chi connectivity index (χ2v) is 12.6. The Hall–Kier alpha value is -0.930. The van der Waals surface area contributed by atoms with Crippen LogP contribution in [0.1, 0.15) is 85.0 Å². The lowest BCUT2D eigenvalue weighted by atomic mass is 9.43. The smallest absolute Gasteiger partial charge is 0.168 e. The minimum absolute atomic E-state index is 0.0887. The van der Waals surface area contributed by atoms with Gasteiger partial charge in [0.15, 0.2) is 12.4 Å². The summed E-state index contributed by atoms with van der Waals surface area (Å²) in [7, 11) is 0. The Morgan fingerprint density at radius 3 is 2.50 bits per heavy atom. The first-order chi connectivity index (χ1) is 15.3. The quantitative estimate of drug-likeness (QED) is 0.604. The van der Waals surface area contributed by atoms with Crippen LogP contribution in [-0.4, -0.2) is 22.4 Å². The summed E-state index contributed by atoms with van der Waals surface area (Å²) in [5.41, 5.74) is 0.429. The first-order valence-electron chi connectivity index (χ1n) is 13.6. The predicted molar refractivity (Wildman–Crippen MR) is 128 cm³/mol. The van der Waals surface area contributed by atoms with Gasteiger partial charge in [-0.2, -0.15) is 0 Å². The fraction of sp³-hybridized carbons (Fsp3) is 0.828. The number of aromatic nitrogens is 1. The number of hydrogen-bond acceptors (Lipinski definition) is 2. The van der Waals surface area contributed by atoms with Crippen molar-refractivity contribution in [3.05, 3.63) is 30.6 Å². The Balaban J connectivity index is 1.28. The van der Waals surface area contributed by atoms with Crippen molar-refractivity contribution in [2.24, 2.45) is 46.3 Å². The van der Waals surface area contributed by atoms with Gasteiger partial charge in [0, 0.05) is 18.6 Å². The highest BCUT2D eigenvalue weighted by molar-refractivity contribution is 5.12. The third-order valence-corrected chi connectivity index (χ3v) is 11.4. The molecule has 4 saturated carbocycles. The summed E-state index contributed by atoms with van der Waals surface area (Å²) < 4.78 is 2.30. The highest BCUT2D eigenvalue weighted by atomic mass is 16.3. The van der Waals surface area contributed by atoms with Gasteiger partial charge in [0.2, 0.25) is 0 Å². The standard InChI is InChI=1S/C29H46NO2/c1-20(8-7-17-30-15-5-4-6-16-30)24-11-12-25-23-10-9-21-18-22(31)13-14-28(21,2)26(23)19-27(32)29(24,25)3/h4-6,15-16,20-27,31-32H,7-14,17-19H2,1-3H3/q+1/t20-,21-,22-,23+,24-,25+,26+,27+,28+,29-/m1/s1. The van der Waals surface area contributed by atoms with Crippen molar-refractivity contribution in [3.63, 3.8) is 0 Å². The van der Waals surface area contributed by atoms with Gasteiger partial charge in [0.25, 0.3) is 0 Å². The van der Waals surface area contributed by atoms with Gasteiger partial charge >= 0.3 is 0 Å². The largest absolute Gasteiger partial charge is 0.393 e. The molecule has 0 radical (unpaired) electrons. The summed E-state index contributed by atoms with van der Waals surface area (Å²) in [5, 5.41) is 22.0. The molecule has 4 aliphatic carbocycles. The molecule has 3 nitrogen and oxygen atoms in total. The molecular weight excluding hydrogens is 394 g/mol. The third-order valence-electron chi connectivity index (χ3n) is 11.4. The molecule has 1 aromatic rings. The van der Waals surface area contributed by atoms with E-state index in [1.807, 2.05) is 0 Å². The van der Waals surface area contributed by atoms with E-state index in [1.54, 1.807) is 0 Å². The fourth-order valence-corrected chi connectivity index (χ4v) is 9.54. The Morgan fingerprint density at radius 2 is 1.72 bits per heavy atom. The van der Waals surface area contributed by atoms with Crippen LogP contribution in [0.5, 0.6) is 0 Å². The van der Waals surface area contributed by atoms with Gasteiger partial charge in [0.1, 0.15) is 6.54 Å². The highest BCUT2D eigenvalue weighted by Crippen LogP contribution is 2.68. The van der Waals surface area contributed by atoms with Crippen molar-refractivity contribution >= 4 is 0 Å². The number of aliphatic hydroxyl groups excluding tert-OH is 2. The van der Waals surface area contributed by atoms with Crippen LogP contribution in [0.3, 0.4) is 0 Å². The molecule has 0 saturated heterocycles. The fourth-order valence-electron chi connectivity index (χ4n) is 9.54. The van der Waals surface area contributed by atoms with Crippen LogP contribution in [0.2, 0.25) is 0 Å². The van der Waals surface area contributed by atoms with Gasteiger partial charge in [-0.25, -0.2) is 4.57 Å². The molecule has 0 unspecified atom stereocenters. The Bertz CT molecular complexity index is 783. The van der Waals surface area contributed by atoms with E-state index in [4.69, 9.17) is 0 Å². The van der Waals surface area contributed by atoms with Crippen molar-refractivity contribution < 1.29 is 14.8 Å². The van der Waals surface area contributed by atoms with Gasteiger partial charge in [0.05, 0.1) is 12.2 Å². The maximum absolute atomic E-state index is 11.7. The summed E-state index contributed by atoms with van der Waals surface area (Å²) in [6.07, 6.45) is 16.0. The zero-order valence-corrected chi connectivity index (χ0v) is 20.6. The minimum atomic E-state index is -0.158. The van der Waals surface area contributed by atoms with E-state index in [0.29, 0.717) is 35.0 Å². The summed E-state index contributed by atoms with van der Waals surface area (Å²) in [6.45, 7) is 8.55. The summed E-state index contributed by atoms with van der Waals surface area (Å²) >= 11 is 0. The van der Waals surface area contributed by atoms with E-state index in [1.165, 1.54) is 38.5 Å². The predicted octanol–water partition coefficient (Wildman–Crippen LogP) is 5.38. The normalized spacial score (nSPS) is 46.7. The first-order valence-corrected chi connectivity index (χ1v) is 13.6. The summed E-state index contributed by atoms with van der Waals surface area (Å²) in [4.78, 5) is 0. The molecule has 0 aromatic carbocycles. The van der Waals surface area contributed by atoms with Gasteiger partial charge in [-0.05, 0) is 104 Å². The zero-order valence-electron chi connectivity index (χ0n) is 20.6. The van der Waals surface area contributed by atoms with Gasteiger partial charge in [-0.1, -0.05) is 26.8 Å². The lowest BCUT2D eigenvalue weighted by molar-refractivity contribution is -0.697. The number of fused-ring (bicyclic) bond motifs is 5. The van der Waals surface area contributed by atoms with Crippen LogP contribution in [0.4, 0.5) is 0 Å². The summed E-state index contributed by atoms with van der Waals surface area (Å²) in [6, 6.07) is 6.31. The Labute approximate surface area is 195 Å². The van der Waals surface area contributed by atoms with Crippen LogP contribution in [0, 0.1) is 46.3 Å². The molecule has 1 heterocycles. The molecule has 0 spiro atoms. The minimum Gasteiger partial charge on any atom is -0.393 e. The monoisotopic (exact) mass is 440 g/mol. The molecule has 3 heteroatoms. The van der Waals surface area contributed by atoms with Crippen molar-refractivity contribution in [3.8, 4) is 0 Å². The van der Waals surface area contributed by atoms with Crippen molar-refractivity contribution in [2.45, 2.75) is 104 Å². The van der Waals surface area contributed by atoms with E-state index >= 15 is 0 Å². The van der Waals surface area contributed by atoms with Gasteiger partial charge in [-0.3, -0.25) is 0 Å². The number of hydrogen-bond donors (Lipinski definition) is 2. The molecule has 2 N–H and O–H groups in total. The molecule has 4 aliphatic rings. The molecule has 10 atom stereocenters. The van der Waals surface area contributed by atoms with Crippen molar-refractivity contribution in [1.29, 1.82) is 0 Å². The second-order valence-electron chi connectivity index (χ2n) is 12.6. The second kappa shape index (κ2) is 8.69. The van der Waals surface area contributed by atoms with Crippen LogP contribution in [-0.2, 0) is 6.54 Å². The van der Waals surface area contributed by atoms with Crippen LogP contribution in [0.25, 0.3) is 0 Å². The van der Waals surface area contributed by atoms with E-state index in [0.717, 1.165) is 38.1 Å². The lowest BCUT2D eigenvalue weighted by Gasteiger charge is -2.62. The molecule has 0 bridgehead atoms. The van der Waals surface area contributed by atoms with Crippen molar-refractivity contribution in [2.75, 3.05) is 0 Å². The molecule has 178 valence electrons. The van der Waals surface area contributed by atoms with E-state index < -0.39 is 0 Å². The van der Waals surface area contributed by atoms with E-state index in [-0.39, 0.29) is 17.6 Å². The molecule has 32 heavy (non-hydrogen) atoms. The summed E-state index contributed by atoms with van der Waals surface area (Å²) in [5.74, 6) is 4.13. The molecule has 0 amide bonds.